The minimum absolute atomic E-state index is 0.0655. The Morgan fingerprint density at radius 2 is 2.08 bits per heavy atom. The Kier molecular flexibility index (Phi) is 6.69. The summed E-state index contributed by atoms with van der Waals surface area (Å²) in [7, 11) is 1.65. The fourth-order valence-corrected chi connectivity index (χ4v) is 2.67. The van der Waals surface area contributed by atoms with Crippen molar-refractivity contribution in [2.45, 2.75) is 19.9 Å². The standard InChI is InChI=1S/C18H24N4O2/c1-4-22(5-2)17(14-7-6-8-15(11-14)24-3)13-21-18(23)16-12-19-9-10-20-16/h6-12,17H,4-5,13H2,1-3H3,(H,21,23). The van der Waals surface area contributed by atoms with E-state index in [4.69, 9.17) is 4.74 Å². The van der Waals surface area contributed by atoms with E-state index in [1.54, 1.807) is 13.3 Å². The molecule has 0 saturated carbocycles. The molecule has 1 aromatic heterocycles. The lowest BCUT2D eigenvalue weighted by atomic mass is 10.0. The van der Waals surface area contributed by atoms with E-state index in [9.17, 15) is 4.79 Å². The van der Waals surface area contributed by atoms with Gasteiger partial charge < -0.3 is 10.1 Å². The van der Waals surface area contributed by atoms with Crippen LogP contribution in [0.4, 0.5) is 0 Å². The SMILES string of the molecule is CCN(CC)C(CNC(=O)c1cnccn1)c1cccc(OC)c1. The van der Waals surface area contributed by atoms with Crippen molar-refractivity contribution in [3.8, 4) is 5.75 Å². The molecule has 128 valence electrons. The molecular formula is C18H24N4O2. The van der Waals surface area contributed by atoms with E-state index in [-0.39, 0.29) is 11.9 Å². The molecule has 0 aliphatic heterocycles. The van der Waals surface area contributed by atoms with E-state index in [0.29, 0.717) is 12.2 Å². The predicted octanol–water partition coefficient (Wildman–Crippen LogP) is 2.30. The molecule has 1 aromatic carbocycles. The highest BCUT2D eigenvalue weighted by atomic mass is 16.5. The second-order valence-electron chi connectivity index (χ2n) is 5.31. The maximum absolute atomic E-state index is 12.2. The number of carbonyl (C=O) groups excluding carboxylic acids is 1. The first kappa shape index (κ1) is 17.9. The van der Waals surface area contributed by atoms with E-state index in [2.05, 4.69) is 40.1 Å². The summed E-state index contributed by atoms with van der Waals surface area (Å²) in [6.07, 6.45) is 4.53. The molecule has 0 fully saturated rings. The summed E-state index contributed by atoms with van der Waals surface area (Å²) in [4.78, 5) is 22.5. The number of ether oxygens (including phenoxy) is 1. The minimum atomic E-state index is -0.219. The summed E-state index contributed by atoms with van der Waals surface area (Å²) >= 11 is 0. The van der Waals surface area contributed by atoms with Crippen molar-refractivity contribution in [1.82, 2.24) is 20.2 Å². The quantitative estimate of drug-likeness (QED) is 0.805. The molecule has 0 radical (unpaired) electrons. The first-order valence-electron chi connectivity index (χ1n) is 8.11. The van der Waals surface area contributed by atoms with Gasteiger partial charge in [0, 0.05) is 18.9 Å². The molecule has 1 N–H and O–H groups in total. The average molecular weight is 328 g/mol. The van der Waals surface area contributed by atoms with Crippen molar-refractivity contribution in [1.29, 1.82) is 0 Å². The van der Waals surface area contributed by atoms with Crippen LogP contribution in [0.15, 0.2) is 42.9 Å². The van der Waals surface area contributed by atoms with E-state index in [0.717, 1.165) is 24.4 Å². The molecule has 6 nitrogen and oxygen atoms in total. The summed E-state index contributed by atoms with van der Waals surface area (Å²) in [6, 6.07) is 8.02. The van der Waals surface area contributed by atoms with Crippen LogP contribution < -0.4 is 10.1 Å². The van der Waals surface area contributed by atoms with Gasteiger partial charge in [-0.05, 0) is 30.8 Å². The van der Waals surface area contributed by atoms with Gasteiger partial charge in [0.05, 0.1) is 19.3 Å². The minimum Gasteiger partial charge on any atom is -0.497 e. The third-order valence-electron chi connectivity index (χ3n) is 3.98. The summed E-state index contributed by atoms with van der Waals surface area (Å²) < 4.78 is 5.32. The fraction of sp³-hybridized carbons (Fsp3) is 0.389. The van der Waals surface area contributed by atoms with Gasteiger partial charge in [0.15, 0.2) is 0 Å². The summed E-state index contributed by atoms with van der Waals surface area (Å²) in [5.41, 5.74) is 1.43. The van der Waals surface area contributed by atoms with Gasteiger partial charge in [-0.25, -0.2) is 4.98 Å². The monoisotopic (exact) mass is 328 g/mol. The van der Waals surface area contributed by atoms with Crippen LogP contribution in [-0.4, -0.2) is 47.5 Å². The topological polar surface area (TPSA) is 67.4 Å². The van der Waals surface area contributed by atoms with Gasteiger partial charge in [0.25, 0.3) is 5.91 Å². The first-order chi connectivity index (χ1) is 11.7. The van der Waals surface area contributed by atoms with Crippen LogP contribution in [0.3, 0.4) is 0 Å². The largest absolute Gasteiger partial charge is 0.497 e. The van der Waals surface area contributed by atoms with Crippen molar-refractivity contribution in [3.63, 3.8) is 0 Å². The number of aromatic nitrogens is 2. The van der Waals surface area contributed by atoms with Gasteiger partial charge in [-0.3, -0.25) is 14.7 Å². The zero-order valence-electron chi connectivity index (χ0n) is 14.4. The van der Waals surface area contributed by atoms with Crippen molar-refractivity contribution in [2.24, 2.45) is 0 Å². The highest BCUT2D eigenvalue weighted by Crippen LogP contribution is 2.23. The lowest BCUT2D eigenvalue weighted by Crippen LogP contribution is -2.38. The van der Waals surface area contributed by atoms with Crippen molar-refractivity contribution >= 4 is 5.91 Å². The molecular weight excluding hydrogens is 304 g/mol. The molecule has 24 heavy (non-hydrogen) atoms. The van der Waals surface area contributed by atoms with Crippen molar-refractivity contribution in [2.75, 3.05) is 26.7 Å². The second kappa shape index (κ2) is 8.98. The van der Waals surface area contributed by atoms with E-state index in [1.807, 2.05) is 18.2 Å². The van der Waals surface area contributed by atoms with Gasteiger partial charge in [0.2, 0.25) is 0 Å². The molecule has 0 saturated heterocycles. The molecule has 1 amide bonds. The molecule has 1 unspecified atom stereocenters. The van der Waals surface area contributed by atoms with E-state index in [1.165, 1.54) is 12.4 Å². The van der Waals surface area contributed by atoms with Crippen LogP contribution in [0.2, 0.25) is 0 Å². The van der Waals surface area contributed by atoms with E-state index < -0.39 is 0 Å². The lowest BCUT2D eigenvalue weighted by molar-refractivity contribution is 0.0929. The Hall–Kier alpha value is -2.47. The molecule has 0 aliphatic carbocycles. The Bertz CT molecular complexity index is 644. The highest BCUT2D eigenvalue weighted by Gasteiger charge is 2.20. The maximum Gasteiger partial charge on any atom is 0.271 e. The highest BCUT2D eigenvalue weighted by molar-refractivity contribution is 5.91. The molecule has 0 spiro atoms. The number of amides is 1. The molecule has 2 rings (SSSR count). The Balaban J connectivity index is 2.16. The van der Waals surface area contributed by atoms with E-state index >= 15 is 0 Å². The number of rotatable bonds is 8. The molecule has 6 heteroatoms. The maximum atomic E-state index is 12.2. The summed E-state index contributed by atoms with van der Waals surface area (Å²) in [6.45, 7) is 6.49. The van der Waals surface area contributed by atoms with Crippen molar-refractivity contribution < 1.29 is 9.53 Å². The lowest BCUT2D eigenvalue weighted by Gasteiger charge is -2.30. The molecule has 1 atom stereocenters. The van der Waals surface area contributed by atoms with Crippen LogP contribution in [0, 0.1) is 0 Å². The number of carbonyl (C=O) groups is 1. The number of nitrogens with one attached hydrogen (secondary N) is 1. The molecule has 1 heterocycles. The van der Waals surface area contributed by atoms with Crippen LogP contribution in [0.25, 0.3) is 0 Å². The Morgan fingerprint density at radius 3 is 2.71 bits per heavy atom. The van der Waals surface area contributed by atoms with Crippen LogP contribution in [0.1, 0.15) is 35.9 Å². The number of hydrogen-bond acceptors (Lipinski definition) is 5. The predicted molar refractivity (Wildman–Crippen MR) is 93.0 cm³/mol. The smallest absolute Gasteiger partial charge is 0.271 e. The van der Waals surface area contributed by atoms with Gasteiger partial charge in [-0.1, -0.05) is 26.0 Å². The number of likely N-dealkylation sites (N-methyl/N-ethyl adjacent to an activating group) is 1. The summed E-state index contributed by atoms with van der Waals surface area (Å²) in [5.74, 6) is 0.591. The normalized spacial score (nSPS) is 12.0. The number of nitrogens with zero attached hydrogens (tertiary/aromatic N) is 3. The zero-order valence-corrected chi connectivity index (χ0v) is 14.4. The first-order valence-corrected chi connectivity index (χ1v) is 8.11. The van der Waals surface area contributed by atoms with Gasteiger partial charge >= 0.3 is 0 Å². The third-order valence-corrected chi connectivity index (χ3v) is 3.98. The zero-order chi connectivity index (χ0) is 17.4. The summed E-state index contributed by atoms with van der Waals surface area (Å²) in [5, 5.41) is 2.96. The van der Waals surface area contributed by atoms with Gasteiger partial charge in [-0.15, -0.1) is 0 Å². The van der Waals surface area contributed by atoms with Gasteiger partial charge in [-0.2, -0.15) is 0 Å². The Morgan fingerprint density at radius 1 is 1.29 bits per heavy atom. The molecule has 0 bridgehead atoms. The molecule has 2 aromatic rings. The number of hydrogen-bond donors (Lipinski definition) is 1. The van der Waals surface area contributed by atoms with Crippen molar-refractivity contribution in [3.05, 3.63) is 54.1 Å². The third kappa shape index (κ3) is 4.52. The number of benzene rings is 1. The second-order valence-corrected chi connectivity index (χ2v) is 5.31. The van der Waals surface area contributed by atoms with Crippen LogP contribution in [-0.2, 0) is 0 Å². The fourth-order valence-electron chi connectivity index (χ4n) is 2.67. The molecule has 0 aliphatic rings. The number of methoxy groups -OCH3 is 1. The van der Waals surface area contributed by atoms with Crippen LogP contribution >= 0.6 is 0 Å². The Labute approximate surface area is 142 Å². The average Bonchev–Trinajstić information content (AvgIpc) is 2.65. The van der Waals surface area contributed by atoms with Crippen LogP contribution in [0.5, 0.6) is 5.75 Å². The van der Waals surface area contributed by atoms with Gasteiger partial charge in [0.1, 0.15) is 11.4 Å².